The summed E-state index contributed by atoms with van der Waals surface area (Å²) in [5.74, 6) is -1.65. The summed E-state index contributed by atoms with van der Waals surface area (Å²) in [4.78, 5) is 10.1. The third-order valence-electron chi connectivity index (χ3n) is 1.40. The number of benzene rings is 1. The van der Waals surface area contributed by atoms with E-state index in [9.17, 15) is 9.90 Å². The Balaban J connectivity index is 2.96. The van der Waals surface area contributed by atoms with Gasteiger partial charge in [-0.05, 0) is 23.8 Å². The zero-order valence-corrected chi connectivity index (χ0v) is 6.60. The van der Waals surface area contributed by atoms with E-state index in [0.29, 0.717) is 0 Å². The van der Waals surface area contributed by atoms with Crippen LogP contribution in [0.15, 0.2) is 24.3 Å². The van der Waals surface area contributed by atoms with E-state index in [1.54, 1.807) is 0 Å². The van der Waals surface area contributed by atoms with Crippen molar-refractivity contribution in [2.24, 2.45) is 0 Å². The van der Waals surface area contributed by atoms with Crippen molar-refractivity contribution in [3.63, 3.8) is 0 Å². The SMILES string of the molecule is O=C(O)/C=C/c1ccc(O)cc1[O-]. The number of aliphatic carboxylic acids is 1. The molecule has 0 saturated heterocycles. The van der Waals surface area contributed by atoms with Gasteiger partial charge in [0.2, 0.25) is 0 Å². The van der Waals surface area contributed by atoms with Gasteiger partial charge in [-0.15, -0.1) is 0 Å². The zero-order chi connectivity index (χ0) is 9.84. The molecule has 0 radical (unpaired) electrons. The minimum atomic E-state index is -1.12. The number of rotatable bonds is 2. The molecule has 68 valence electrons. The van der Waals surface area contributed by atoms with Crippen LogP contribution in [-0.2, 0) is 4.79 Å². The highest BCUT2D eigenvalue weighted by atomic mass is 16.4. The third-order valence-corrected chi connectivity index (χ3v) is 1.40. The van der Waals surface area contributed by atoms with Crippen LogP contribution in [0, 0.1) is 0 Å². The average Bonchev–Trinajstić information content (AvgIpc) is 2.02. The van der Waals surface area contributed by atoms with Crippen LogP contribution in [0.2, 0.25) is 0 Å². The number of aromatic hydroxyl groups is 1. The molecule has 1 aromatic carbocycles. The summed E-state index contributed by atoms with van der Waals surface area (Å²) in [5.41, 5.74) is 0.236. The van der Waals surface area contributed by atoms with Gasteiger partial charge in [-0.25, -0.2) is 4.79 Å². The fraction of sp³-hybridized carbons (Fsp3) is 0. The highest BCUT2D eigenvalue weighted by Crippen LogP contribution is 2.20. The van der Waals surface area contributed by atoms with Crippen molar-refractivity contribution in [2.75, 3.05) is 0 Å². The van der Waals surface area contributed by atoms with E-state index in [1.165, 1.54) is 18.2 Å². The van der Waals surface area contributed by atoms with E-state index < -0.39 is 11.7 Å². The number of phenolic OH excluding ortho intramolecular Hbond substituents is 1. The maximum absolute atomic E-state index is 11.0. The molecule has 4 nitrogen and oxygen atoms in total. The molecule has 4 heteroatoms. The molecule has 13 heavy (non-hydrogen) atoms. The number of carbonyl (C=O) groups is 1. The Morgan fingerprint density at radius 3 is 2.69 bits per heavy atom. The van der Waals surface area contributed by atoms with Crippen LogP contribution >= 0.6 is 0 Å². The van der Waals surface area contributed by atoms with Crippen molar-refractivity contribution in [2.45, 2.75) is 0 Å². The number of hydrogen-bond acceptors (Lipinski definition) is 3. The summed E-state index contributed by atoms with van der Waals surface area (Å²) in [6.45, 7) is 0. The summed E-state index contributed by atoms with van der Waals surface area (Å²) < 4.78 is 0. The lowest BCUT2D eigenvalue weighted by Crippen LogP contribution is -1.93. The fourth-order valence-corrected chi connectivity index (χ4v) is 0.822. The monoisotopic (exact) mass is 179 g/mol. The lowest BCUT2D eigenvalue weighted by Gasteiger charge is -2.09. The van der Waals surface area contributed by atoms with E-state index >= 15 is 0 Å². The normalized spacial score (nSPS) is 10.5. The fourth-order valence-electron chi connectivity index (χ4n) is 0.822. The maximum atomic E-state index is 11.0. The molecule has 0 heterocycles. The van der Waals surface area contributed by atoms with Gasteiger partial charge in [-0.3, -0.25) is 0 Å². The molecule has 0 amide bonds. The Morgan fingerprint density at radius 1 is 1.46 bits per heavy atom. The van der Waals surface area contributed by atoms with E-state index in [0.717, 1.165) is 12.1 Å². The van der Waals surface area contributed by atoms with Crippen LogP contribution in [0.1, 0.15) is 5.56 Å². The van der Waals surface area contributed by atoms with Crippen LogP contribution in [0.4, 0.5) is 0 Å². The molecule has 0 bridgehead atoms. The zero-order valence-electron chi connectivity index (χ0n) is 6.60. The summed E-state index contributed by atoms with van der Waals surface area (Å²) in [6.07, 6.45) is 2.05. The predicted octanol–water partition coefficient (Wildman–Crippen LogP) is 0.564. The Morgan fingerprint density at radius 2 is 2.15 bits per heavy atom. The number of phenols is 1. The van der Waals surface area contributed by atoms with E-state index in [1.807, 2.05) is 0 Å². The molecular weight excluding hydrogens is 172 g/mol. The van der Waals surface area contributed by atoms with Crippen molar-refractivity contribution in [1.29, 1.82) is 0 Å². The van der Waals surface area contributed by atoms with Gasteiger partial charge in [-0.1, -0.05) is 11.8 Å². The van der Waals surface area contributed by atoms with Gasteiger partial charge in [-0.2, -0.15) is 0 Å². The second-order valence-corrected chi connectivity index (χ2v) is 2.39. The van der Waals surface area contributed by atoms with Crippen molar-refractivity contribution in [1.82, 2.24) is 0 Å². The Bertz CT molecular complexity index is 355. The van der Waals surface area contributed by atoms with Crippen LogP contribution < -0.4 is 5.11 Å². The maximum Gasteiger partial charge on any atom is 0.328 e. The van der Waals surface area contributed by atoms with E-state index in [-0.39, 0.29) is 11.3 Å². The van der Waals surface area contributed by atoms with E-state index in [2.05, 4.69) is 0 Å². The quantitative estimate of drug-likeness (QED) is 0.650. The lowest BCUT2D eigenvalue weighted by atomic mass is 10.2. The molecule has 0 atom stereocenters. The van der Waals surface area contributed by atoms with Crippen molar-refractivity contribution >= 4 is 12.0 Å². The Kier molecular flexibility index (Phi) is 2.54. The molecule has 0 aromatic heterocycles. The Labute approximate surface area is 74.4 Å². The first-order valence-electron chi connectivity index (χ1n) is 3.50. The third kappa shape index (κ3) is 2.52. The summed E-state index contributed by atoms with van der Waals surface area (Å²) in [7, 11) is 0. The van der Waals surface area contributed by atoms with Gasteiger partial charge in [0.15, 0.2) is 0 Å². The van der Waals surface area contributed by atoms with Crippen LogP contribution in [0.25, 0.3) is 6.08 Å². The molecule has 0 unspecified atom stereocenters. The molecule has 1 rings (SSSR count). The second-order valence-electron chi connectivity index (χ2n) is 2.39. The van der Waals surface area contributed by atoms with Crippen molar-refractivity contribution in [3.8, 4) is 11.5 Å². The first-order chi connectivity index (χ1) is 6.09. The van der Waals surface area contributed by atoms with Gasteiger partial charge in [0.1, 0.15) is 5.75 Å². The van der Waals surface area contributed by atoms with Gasteiger partial charge in [0, 0.05) is 6.08 Å². The molecule has 0 aliphatic carbocycles. The molecule has 2 N–H and O–H groups in total. The standard InChI is InChI=1S/C9H8O4/c10-7-3-1-6(8(11)5-7)2-4-9(12)13/h1-5,10-11H,(H,12,13)/p-1/b4-2+. The smallest absolute Gasteiger partial charge is 0.328 e. The van der Waals surface area contributed by atoms with Crippen LogP contribution in [0.3, 0.4) is 0 Å². The van der Waals surface area contributed by atoms with E-state index in [4.69, 9.17) is 10.2 Å². The van der Waals surface area contributed by atoms with Gasteiger partial charge in [0.05, 0.1) is 0 Å². The van der Waals surface area contributed by atoms with Crippen molar-refractivity contribution in [3.05, 3.63) is 29.8 Å². The van der Waals surface area contributed by atoms with Gasteiger partial charge in [0.25, 0.3) is 0 Å². The minimum absolute atomic E-state index is 0.127. The minimum Gasteiger partial charge on any atom is -0.872 e. The Hall–Kier alpha value is -1.97. The number of hydrogen-bond donors (Lipinski definition) is 2. The predicted molar refractivity (Wildman–Crippen MR) is 44.2 cm³/mol. The molecular formula is C9H7O4-. The molecule has 0 fully saturated rings. The number of carboxylic acids is 1. The lowest BCUT2D eigenvalue weighted by molar-refractivity contribution is -0.268. The first kappa shape index (κ1) is 9.12. The van der Waals surface area contributed by atoms with Crippen LogP contribution in [-0.4, -0.2) is 16.2 Å². The summed E-state index contributed by atoms with van der Waals surface area (Å²) in [6, 6.07) is 3.71. The molecule has 0 aliphatic rings. The summed E-state index contributed by atoms with van der Waals surface area (Å²) in [5, 5.41) is 28.2. The number of carboxylic acid groups (broad SMARTS) is 1. The second kappa shape index (κ2) is 3.62. The van der Waals surface area contributed by atoms with Gasteiger partial charge >= 0.3 is 5.97 Å². The molecule has 0 saturated carbocycles. The molecule has 0 aliphatic heterocycles. The largest absolute Gasteiger partial charge is 0.872 e. The van der Waals surface area contributed by atoms with Crippen LogP contribution in [0.5, 0.6) is 11.5 Å². The summed E-state index contributed by atoms with van der Waals surface area (Å²) >= 11 is 0. The van der Waals surface area contributed by atoms with Crippen molar-refractivity contribution < 1.29 is 20.1 Å². The van der Waals surface area contributed by atoms with Gasteiger partial charge < -0.3 is 15.3 Å². The first-order valence-corrected chi connectivity index (χ1v) is 3.50. The average molecular weight is 179 g/mol. The highest BCUT2D eigenvalue weighted by molar-refractivity contribution is 5.85. The molecule has 0 spiro atoms. The highest BCUT2D eigenvalue weighted by Gasteiger charge is 1.92. The topological polar surface area (TPSA) is 80.6 Å². The molecule has 1 aromatic rings.